The predicted octanol–water partition coefficient (Wildman–Crippen LogP) is 4.64. The predicted molar refractivity (Wildman–Crippen MR) is 125 cm³/mol. The van der Waals surface area contributed by atoms with Gasteiger partial charge in [0.1, 0.15) is 11.8 Å². The Morgan fingerprint density at radius 3 is 2.39 bits per heavy atom. The SMILES string of the molecule is COc1ccc(Cl)cc1NC(=O)[C@@H](Cc1ccccc1)NS(=O)(=O)c1ccc(Br)cc1. The highest BCUT2D eigenvalue weighted by Crippen LogP contribution is 2.28. The van der Waals surface area contributed by atoms with Crippen LogP contribution in [0.2, 0.25) is 5.02 Å². The molecule has 162 valence electrons. The van der Waals surface area contributed by atoms with Crippen molar-refractivity contribution in [2.75, 3.05) is 12.4 Å². The van der Waals surface area contributed by atoms with Crippen molar-refractivity contribution in [2.24, 2.45) is 0 Å². The zero-order valence-electron chi connectivity index (χ0n) is 16.5. The molecule has 0 saturated carbocycles. The van der Waals surface area contributed by atoms with E-state index in [1.807, 2.05) is 30.3 Å². The minimum absolute atomic E-state index is 0.0573. The fourth-order valence-electron chi connectivity index (χ4n) is 2.90. The molecule has 0 aliphatic rings. The van der Waals surface area contributed by atoms with Crippen LogP contribution in [0.5, 0.6) is 5.75 Å². The van der Waals surface area contributed by atoms with Gasteiger partial charge in [-0.25, -0.2) is 8.42 Å². The summed E-state index contributed by atoms with van der Waals surface area (Å²) in [4.78, 5) is 13.2. The van der Waals surface area contributed by atoms with Crippen LogP contribution in [0.4, 0.5) is 5.69 Å². The van der Waals surface area contributed by atoms with Crippen molar-refractivity contribution in [3.63, 3.8) is 0 Å². The number of hydrogen-bond acceptors (Lipinski definition) is 4. The lowest BCUT2D eigenvalue weighted by Gasteiger charge is -2.20. The van der Waals surface area contributed by atoms with Gasteiger partial charge in [-0.05, 0) is 54.4 Å². The molecule has 3 aromatic carbocycles. The van der Waals surface area contributed by atoms with Gasteiger partial charge < -0.3 is 10.1 Å². The molecular formula is C22H20BrClN2O4S. The van der Waals surface area contributed by atoms with E-state index in [-0.39, 0.29) is 11.3 Å². The number of rotatable bonds is 8. The molecular weight excluding hydrogens is 504 g/mol. The Labute approximate surface area is 194 Å². The highest BCUT2D eigenvalue weighted by atomic mass is 79.9. The molecule has 0 unspecified atom stereocenters. The van der Waals surface area contributed by atoms with Crippen LogP contribution in [0, 0.1) is 0 Å². The van der Waals surface area contributed by atoms with E-state index in [1.165, 1.54) is 19.2 Å². The van der Waals surface area contributed by atoms with Crippen LogP contribution in [0.25, 0.3) is 0 Å². The van der Waals surface area contributed by atoms with Crippen molar-refractivity contribution in [3.05, 3.63) is 87.9 Å². The monoisotopic (exact) mass is 522 g/mol. The zero-order valence-corrected chi connectivity index (χ0v) is 19.7. The third-order valence-corrected chi connectivity index (χ3v) is 6.69. The van der Waals surface area contributed by atoms with Crippen LogP contribution in [0.1, 0.15) is 5.56 Å². The number of halogens is 2. The van der Waals surface area contributed by atoms with Gasteiger partial charge in [-0.3, -0.25) is 4.79 Å². The summed E-state index contributed by atoms with van der Waals surface area (Å²) in [5.41, 5.74) is 1.15. The van der Waals surface area contributed by atoms with Crippen LogP contribution in [0.15, 0.2) is 82.2 Å². The molecule has 0 bridgehead atoms. The number of benzene rings is 3. The van der Waals surface area contributed by atoms with Crippen LogP contribution >= 0.6 is 27.5 Å². The molecule has 0 saturated heterocycles. The van der Waals surface area contributed by atoms with Gasteiger partial charge in [0.05, 0.1) is 17.7 Å². The maximum atomic E-state index is 13.1. The van der Waals surface area contributed by atoms with E-state index in [4.69, 9.17) is 16.3 Å². The molecule has 0 heterocycles. The molecule has 0 aromatic heterocycles. The minimum Gasteiger partial charge on any atom is -0.495 e. The number of amides is 1. The van der Waals surface area contributed by atoms with Crippen molar-refractivity contribution in [1.29, 1.82) is 0 Å². The van der Waals surface area contributed by atoms with E-state index in [2.05, 4.69) is 26.0 Å². The highest BCUT2D eigenvalue weighted by Gasteiger charge is 2.27. The van der Waals surface area contributed by atoms with Crippen molar-refractivity contribution in [2.45, 2.75) is 17.4 Å². The molecule has 0 fully saturated rings. The standard InChI is InChI=1S/C22H20BrClN2O4S/c1-30-21-12-9-17(24)14-19(21)25-22(27)20(13-15-5-3-2-4-6-15)26-31(28,29)18-10-7-16(23)8-11-18/h2-12,14,20,26H,13H2,1H3,(H,25,27)/t20-/m1/s1. The molecule has 31 heavy (non-hydrogen) atoms. The van der Waals surface area contributed by atoms with Crippen LogP contribution in [0.3, 0.4) is 0 Å². The zero-order chi connectivity index (χ0) is 22.4. The lowest BCUT2D eigenvalue weighted by atomic mass is 10.1. The first-order valence-electron chi connectivity index (χ1n) is 9.25. The molecule has 3 aromatic rings. The Kier molecular flexibility index (Phi) is 7.72. The maximum absolute atomic E-state index is 13.1. The second-order valence-electron chi connectivity index (χ2n) is 6.65. The van der Waals surface area contributed by atoms with E-state index >= 15 is 0 Å². The normalized spacial score (nSPS) is 12.2. The Hall–Kier alpha value is -2.39. The molecule has 1 atom stereocenters. The van der Waals surface area contributed by atoms with E-state index in [1.54, 1.807) is 30.3 Å². The number of carbonyl (C=O) groups is 1. The quantitative estimate of drug-likeness (QED) is 0.451. The fraction of sp³-hybridized carbons (Fsp3) is 0.136. The summed E-state index contributed by atoms with van der Waals surface area (Å²) in [6.45, 7) is 0. The first kappa shape index (κ1) is 23.3. The molecule has 2 N–H and O–H groups in total. The Balaban J connectivity index is 1.90. The molecule has 3 rings (SSSR count). The van der Waals surface area contributed by atoms with Gasteiger partial charge in [-0.1, -0.05) is 57.9 Å². The summed E-state index contributed by atoms with van der Waals surface area (Å²) in [6, 6.07) is 19.1. The van der Waals surface area contributed by atoms with E-state index in [0.717, 1.165) is 10.0 Å². The summed E-state index contributed by atoms with van der Waals surface area (Å²) < 4.78 is 34.4. The number of ether oxygens (including phenoxy) is 1. The van der Waals surface area contributed by atoms with E-state index in [9.17, 15) is 13.2 Å². The number of anilines is 1. The number of sulfonamides is 1. The van der Waals surface area contributed by atoms with Crippen molar-refractivity contribution in [3.8, 4) is 5.75 Å². The summed E-state index contributed by atoms with van der Waals surface area (Å²) in [5, 5.41) is 3.13. The topological polar surface area (TPSA) is 84.5 Å². The second-order valence-corrected chi connectivity index (χ2v) is 9.72. The first-order valence-corrected chi connectivity index (χ1v) is 11.9. The van der Waals surface area contributed by atoms with Crippen LogP contribution in [-0.2, 0) is 21.2 Å². The summed E-state index contributed by atoms with van der Waals surface area (Å²) >= 11 is 9.33. The third-order valence-electron chi connectivity index (χ3n) is 4.44. The van der Waals surface area contributed by atoms with Gasteiger partial charge in [0.25, 0.3) is 0 Å². The van der Waals surface area contributed by atoms with E-state index < -0.39 is 22.0 Å². The molecule has 0 radical (unpaired) electrons. The van der Waals surface area contributed by atoms with Crippen molar-refractivity contribution >= 4 is 49.1 Å². The largest absolute Gasteiger partial charge is 0.495 e. The average molecular weight is 524 g/mol. The van der Waals surface area contributed by atoms with Gasteiger partial charge in [-0.15, -0.1) is 0 Å². The molecule has 9 heteroatoms. The summed E-state index contributed by atoms with van der Waals surface area (Å²) in [5.74, 6) is -0.128. The number of hydrogen-bond donors (Lipinski definition) is 2. The maximum Gasteiger partial charge on any atom is 0.243 e. The Morgan fingerprint density at radius 2 is 1.74 bits per heavy atom. The van der Waals surface area contributed by atoms with Gasteiger partial charge in [-0.2, -0.15) is 4.72 Å². The molecule has 1 amide bonds. The lowest BCUT2D eigenvalue weighted by Crippen LogP contribution is -2.45. The number of carbonyl (C=O) groups excluding carboxylic acids is 1. The summed E-state index contributed by atoms with van der Waals surface area (Å²) in [6.07, 6.45) is 0.158. The molecule has 0 aliphatic heterocycles. The average Bonchev–Trinajstić information content (AvgIpc) is 2.74. The van der Waals surface area contributed by atoms with Crippen molar-refractivity contribution in [1.82, 2.24) is 4.72 Å². The number of nitrogens with one attached hydrogen (secondary N) is 2. The smallest absolute Gasteiger partial charge is 0.243 e. The van der Waals surface area contributed by atoms with Crippen LogP contribution < -0.4 is 14.8 Å². The van der Waals surface area contributed by atoms with Gasteiger partial charge in [0.15, 0.2) is 0 Å². The first-order chi connectivity index (χ1) is 14.8. The molecule has 0 spiro atoms. The second kappa shape index (κ2) is 10.3. The van der Waals surface area contributed by atoms with Gasteiger partial charge in [0.2, 0.25) is 15.9 Å². The van der Waals surface area contributed by atoms with E-state index in [0.29, 0.717) is 16.5 Å². The Bertz CT molecular complexity index is 1160. The number of methoxy groups -OCH3 is 1. The van der Waals surface area contributed by atoms with Crippen LogP contribution in [-0.4, -0.2) is 27.5 Å². The van der Waals surface area contributed by atoms with Gasteiger partial charge in [0, 0.05) is 9.50 Å². The molecule has 0 aliphatic carbocycles. The summed E-state index contributed by atoms with van der Waals surface area (Å²) in [7, 11) is -2.48. The Morgan fingerprint density at radius 1 is 1.06 bits per heavy atom. The third kappa shape index (κ3) is 6.30. The fourth-order valence-corrected chi connectivity index (χ4v) is 4.54. The highest BCUT2D eigenvalue weighted by molar-refractivity contribution is 9.10. The van der Waals surface area contributed by atoms with Crippen molar-refractivity contribution < 1.29 is 17.9 Å². The lowest BCUT2D eigenvalue weighted by molar-refractivity contribution is -0.117. The minimum atomic E-state index is -3.95. The molecule has 6 nitrogen and oxygen atoms in total. The van der Waals surface area contributed by atoms with Gasteiger partial charge >= 0.3 is 0 Å².